The predicted octanol–water partition coefficient (Wildman–Crippen LogP) is 4.16. The molecule has 1 amide bonds. The van der Waals surface area contributed by atoms with Crippen molar-refractivity contribution in [2.24, 2.45) is 5.11 Å². The lowest BCUT2D eigenvalue weighted by molar-refractivity contribution is -0.112. The second kappa shape index (κ2) is 6.59. The van der Waals surface area contributed by atoms with Crippen molar-refractivity contribution in [1.82, 2.24) is 0 Å². The van der Waals surface area contributed by atoms with Crippen LogP contribution in [-0.2, 0) is 4.79 Å². The fourth-order valence-electron chi connectivity index (χ4n) is 2.83. The first-order valence-electron chi connectivity index (χ1n) is 7.51. The standard InChI is InChI=1S/C18H16N4O3/c1-22-15-7-5-4-6-12(15)13(18(22)23)8-11-9-16(24-2)17(25-3)10-14(11)20-21-19/h4-10H,1-3H3/b13-8+. The molecule has 0 aliphatic carbocycles. The van der Waals surface area contributed by atoms with Crippen molar-refractivity contribution < 1.29 is 14.3 Å². The zero-order valence-electron chi connectivity index (χ0n) is 14.1. The van der Waals surface area contributed by atoms with E-state index in [1.807, 2.05) is 24.3 Å². The number of likely N-dealkylation sites (N-methyl/N-ethyl adjacent to an activating group) is 1. The van der Waals surface area contributed by atoms with Crippen LogP contribution >= 0.6 is 0 Å². The number of amides is 1. The van der Waals surface area contributed by atoms with Crippen LogP contribution in [0.2, 0.25) is 0 Å². The summed E-state index contributed by atoms with van der Waals surface area (Å²) in [7, 11) is 4.75. The monoisotopic (exact) mass is 336 g/mol. The number of carbonyl (C=O) groups excluding carboxylic acids is 1. The molecule has 0 bridgehead atoms. The molecule has 7 nitrogen and oxygen atoms in total. The molecule has 2 aromatic rings. The van der Waals surface area contributed by atoms with Gasteiger partial charge in [0.2, 0.25) is 0 Å². The molecule has 0 saturated heterocycles. The van der Waals surface area contributed by atoms with Crippen LogP contribution in [0.4, 0.5) is 11.4 Å². The smallest absolute Gasteiger partial charge is 0.258 e. The first-order chi connectivity index (χ1) is 12.1. The second-order valence-corrected chi connectivity index (χ2v) is 5.39. The molecule has 0 aromatic heterocycles. The summed E-state index contributed by atoms with van der Waals surface area (Å²) in [6.07, 6.45) is 1.70. The Morgan fingerprint density at radius 2 is 1.84 bits per heavy atom. The van der Waals surface area contributed by atoms with Crippen LogP contribution < -0.4 is 14.4 Å². The van der Waals surface area contributed by atoms with Gasteiger partial charge in [0.1, 0.15) is 0 Å². The summed E-state index contributed by atoms with van der Waals surface area (Å²) >= 11 is 0. The van der Waals surface area contributed by atoms with Crippen LogP contribution in [0.3, 0.4) is 0 Å². The molecule has 1 aliphatic rings. The van der Waals surface area contributed by atoms with E-state index in [0.717, 1.165) is 11.3 Å². The number of benzene rings is 2. The molecule has 25 heavy (non-hydrogen) atoms. The third-order valence-corrected chi connectivity index (χ3v) is 4.08. The van der Waals surface area contributed by atoms with Crippen molar-refractivity contribution in [2.45, 2.75) is 0 Å². The summed E-state index contributed by atoms with van der Waals surface area (Å²) in [6, 6.07) is 10.8. The van der Waals surface area contributed by atoms with Gasteiger partial charge in [-0.2, -0.15) is 0 Å². The van der Waals surface area contributed by atoms with Gasteiger partial charge in [-0.1, -0.05) is 23.3 Å². The van der Waals surface area contributed by atoms with Crippen LogP contribution in [0.1, 0.15) is 11.1 Å². The van der Waals surface area contributed by atoms with Gasteiger partial charge in [0.25, 0.3) is 5.91 Å². The maximum absolute atomic E-state index is 12.6. The number of rotatable bonds is 4. The summed E-state index contributed by atoms with van der Waals surface area (Å²) in [6.45, 7) is 0. The summed E-state index contributed by atoms with van der Waals surface area (Å²) < 4.78 is 10.5. The van der Waals surface area contributed by atoms with Crippen molar-refractivity contribution in [1.29, 1.82) is 0 Å². The molecule has 0 N–H and O–H groups in total. The zero-order chi connectivity index (χ0) is 18.0. The Labute approximate surface area is 144 Å². The molecule has 0 saturated carbocycles. The second-order valence-electron chi connectivity index (χ2n) is 5.39. The number of anilines is 1. The number of para-hydroxylation sites is 1. The molecule has 7 heteroatoms. The number of carbonyl (C=O) groups is 1. The van der Waals surface area contributed by atoms with E-state index in [-0.39, 0.29) is 5.91 Å². The minimum atomic E-state index is -0.122. The van der Waals surface area contributed by atoms with Crippen LogP contribution in [0.5, 0.6) is 11.5 Å². The van der Waals surface area contributed by atoms with Crippen molar-refractivity contribution in [3.8, 4) is 11.5 Å². The van der Waals surface area contributed by atoms with E-state index in [1.54, 1.807) is 30.2 Å². The van der Waals surface area contributed by atoms with Gasteiger partial charge < -0.3 is 14.4 Å². The fourth-order valence-corrected chi connectivity index (χ4v) is 2.83. The summed E-state index contributed by atoms with van der Waals surface area (Å²) in [5.74, 6) is 0.809. The number of hydrogen-bond acceptors (Lipinski definition) is 4. The zero-order valence-corrected chi connectivity index (χ0v) is 14.1. The van der Waals surface area contributed by atoms with Gasteiger partial charge in [-0.05, 0) is 35.4 Å². The average Bonchev–Trinajstić information content (AvgIpc) is 2.88. The van der Waals surface area contributed by atoms with Gasteiger partial charge in [0, 0.05) is 28.8 Å². The lowest BCUT2D eigenvalue weighted by Crippen LogP contribution is -2.20. The van der Waals surface area contributed by atoms with Gasteiger partial charge in [-0.15, -0.1) is 0 Å². The van der Waals surface area contributed by atoms with E-state index < -0.39 is 0 Å². The highest BCUT2D eigenvalue weighted by atomic mass is 16.5. The molecule has 2 aromatic carbocycles. The molecule has 0 radical (unpaired) electrons. The minimum Gasteiger partial charge on any atom is -0.493 e. The molecular formula is C18H16N4O3. The van der Waals surface area contributed by atoms with E-state index in [1.165, 1.54) is 14.2 Å². The summed E-state index contributed by atoms with van der Waals surface area (Å²) in [4.78, 5) is 17.1. The SMILES string of the molecule is COc1cc(/C=C2/C(=O)N(C)c3ccccc32)c(N=[N+]=[N-])cc1OC. The third kappa shape index (κ3) is 2.77. The maximum Gasteiger partial charge on any atom is 0.258 e. The highest BCUT2D eigenvalue weighted by Gasteiger charge is 2.29. The Morgan fingerprint density at radius 3 is 2.52 bits per heavy atom. The van der Waals surface area contributed by atoms with E-state index in [0.29, 0.717) is 28.3 Å². The summed E-state index contributed by atoms with van der Waals surface area (Å²) in [5, 5.41) is 3.71. The first-order valence-corrected chi connectivity index (χ1v) is 7.51. The van der Waals surface area contributed by atoms with Gasteiger partial charge in [-0.25, -0.2) is 0 Å². The molecule has 1 aliphatic heterocycles. The molecule has 0 unspecified atom stereocenters. The topological polar surface area (TPSA) is 87.5 Å². The van der Waals surface area contributed by atoms with Crippen LogP contribution in [-0.4, -0.2) is 27.2 Å². The Kier molecular flexibility index (Phi) is 4.33. The highest BCUT2D eigenvalue weighted by molar-refractivity contribution is 6.35. The number of methoxy groups -OCH3 is 2. The minimum absolute atomic E-state index is 0.122. The van der Waals surface area contributed by atoms with Gasteiger partial charge in [-0.3, -0.25) is 4.79 Å². The van der Waals surface area contributed by atoms with Gasteiger partial charge in [0.05, 0.1) is 19.9 Å². The molecule has 0 spiro atoms. The number of nitrogens with zero attached hydrogens (tertiary/aromatic N) is 4. The highest BCUT2D eigenvalue weighted by Crippen LogP contribution is 2.40. The summed E-state index contributed by atoms with van der Waals surface area (Å²) in [5.41, 5.74) is 12.0. The molecule has 0 fully saturated rings. The van der Waals surface area contributed by atoms with Crippen LogP contribution in [0.15, 0.2) is 41.5 Å². The molecule has 1 heterocycles. The van der Waals surface area contributed by atoms with Crippen molar-refractivity contribution in [3.63, 3.8) is 0 Å². The van der Waals surface area contributed by atoms with Crippen LogP contribution in [0, 0.1) is 0 Å². The van der Waals surface area contributed by atoms with Crippen molar-refractivity contribution in [2.75, 3.05) is 26.2 Å². The molecule has 0 atom stereocenters. The van der Waals surface area contributed by atoms with E-state index >= 15 is 0 Å². The number of azide groups is 1. The number of fused-ring (bicyclic) bond motifs is 1. The quantitative estimate of drug-likeness (QED) is 0.363. The van der Waals surface area contributed by atoms with Gasteiger partial charge in [0.15, 0.2) is 11.5 Å². The Hall–Kier alpha value is -3.44. The average molecular weight is 336 g/mol. The number of ether oxygens (including phenoxy) is 2. The molecule has 3 rings (SSSR count). The van der Waals surface area contributed by atoms with E-state index in [4.69, 9.17) is 15.0 Å². The normalized spacial score (nSPS) is 14.3. The molecular weight excluding hydrogens is 320 g/mol. The lowest BCUT2D eigenvalue weighted by Gasteiger charge is -2.11. The van der Waals surface area contributed by atoms with Crippen molar-refractivity contribution >= 4 is 28.9 Å². The van der Waals surface area contributed by atoms with Crippen LogP contribution in [0.25, 0.3) is 22.1 Å². The van der Waals surface area contributed by atoms with Gasteiger partial charge >= 0.3 is 0 Å². The lowest BCUT2D eigenvalue weighted by atomic mass is 10.0. The van der Waals surface area contributed by atoms with Crippen molar-refractivity contribution in [3.05, 3.63) is 58.0 Å². The predicted molar refractivity (Wildman–Crippen MR) is 96.1 cm³/mol. The first kappa shape index (κ1) is 16.4. The molecule has 126 valence electrons. The fraction of sp³-hybridized carbons (Fsp3) is 0.167. The maximum atomic E-state index is 12.6. The Morgan fingerprint density at radius 1 is 1.16 bits per heavy atom. The number of hydrogen-bond donors (Lipinski definition) is 0. The Bertz CT molecular complexity index is 930. The largest absolute Gasteiger partial charge is 0.493 e. The Balaban J connectivity index is 2.21. The van der Waals surface area contributed by atoms with E-state index in [2.05, 4.69) is 10.0 Å². The third-order valence-electron chi connectivity index (χ3n) is 4.08. The van der Waals surface area contributed by atoms with E-state index in [9.17, 15) is 4.79 Å².